The number of hydrogen-bond acceptors (Lipinski definition) is 5. The van der Waals surface area contributed by atoms with Gasteiger partial charge in [-0.05, 0) is 79.2 Å². The number of rotatable bonds is 7. The van der Waals surface area contributed by atoms with Crippen LogP contribution in [0.2, 0.25) is 5.02 Å². The van der Waals surface area contributed by atoms with Gasteiger partial charge in [-0.2, -0.15) is 0 Å². The van der Waals surface area contributed by atoms with Gasteiger partial charge >= 0.3 is 5.97 Å². The third-order valence-corrected chi connectivity index (χ3v) is 5.82. The molecular formula is C28H22ClFN2O5. The molecule has 4 rings (SSSR count). The van der Waals surface area contributed by atoms with E-state index in [1.165, 1.54) is 36.3 Å². The second-order valence-corrected chi connectivity index (χ2v) is 8.48. The number of hydrogen-bond donors (Lipinski definition) is 1. The number of carbonyl (C=O) groups excluding carboxylic acids is 3. The van der Waals surface area contributed by atoms with E-state index >= 15 is 0 Å². The van der Waals surface area contributed by atoms with Crippen LogP contribution in [0.4, 0.5) is 15.8 Å². The van der Waals surface area contributed by atoms with Crippen molar-refractivity contribution in [3.63, 3.8) is 0 Å². The summed E-state index contributed by atoms with van der Waals surface area (Å²) >= 11 is 5.98. The maximum atomic E-state index is 13.3. The number of carbonyl (C=O) groups is 3. The van der Waals surface area contributed by atoms with Crippen LogP contribution >= 0.6 is 11.6 Å². The molecule has 3 aromatic rings. The Bertz CT molecular complexity index is 1400. The number of ether oxygens (including phenoxy) is 2. The highest BCUT2D eigenvalue weighted by Crippen LogP contribution is 2.36. The van der Waals surface area contributed by atoms with Gasteiger partial charge in [-0.25, -0.2) is 9.18 Å². The van der Waals surface area contributed by atoms with E-state index in [0.717, 1.165) is 0 Å². The summed E-state index contributed by atoms with van der Waals surface area (Å²) in [6.07, 6.45) is 1.60. The number of allylic oxidation sites excluding steroid dienone is 1. The van der Waals surface area contributed by atoms with Crippen molar-refractivity contribution in [3.05, 3.63) is 106 Å². The minimum Gasteiger partial charge on any atom is -0.484 e. The van der Waals surface area contributed by atoms with Crippen LogP contribution in [0, 0.1) is 5.82 Å². The second-order valence-electron chi connectivity index (χ2n) is 8.04. The van der Waals surface area contributed by atoms with Crippen molar-refractivity contribution in [2.75, 3.05) is 23.9 Å². The average Bonchev–Trinajstić information content (AvgIpc) is 3.14. The molecule has 0 unspecified atom stereocenters. The highest BCUT2D eigenvalue weighted by molar-refractivity contribution is 6.30. The highest BCUT2D eigenvalue weighted by atomic mass is 35.5. The van der Waals surface area contributed by atoms with Gasteiger partial charge in [0.1, 0.15) is 11.6 Å². The van der Waals surface area contributed by atoms with Crippen LogP contribution in [0.5, 0.6) is 5.75 Å². The maximum absolute atomic E-state index is 13.3. The third-order valence-electron chi connectivity index (χ3n) is 5.56. The van der Waals surface area contributed by atoms with E-state index in [1.807, 2.05) is 0 Å². The molecule has 0 spiro atoms. The lowest BCUT2D eigenvalue weighted by atomic mass is 10.0. The first-order valence-electron chi connectivity index (χ1n) is 11.2. The first-order valence-corrected chi connectivity index (χ1v) is 11.5. The van der Waals surface area contributed by atoms with Gasteiger partial charge in [-0.15, -0.1) is 0 Å². The van der Waals surface area contributed by atoms with Crippen LogP contribution in [0.1, 0.15) is 12.5 Å². The Morgan fingerprint density at radius 3 is 2.27 bits per heavy atom. The van der Waals surface area contributed by atoms with Crippen LogP contribution in [-0.2, 0) is 19.1 Å². The summed E-state index contributed by atoms with van der Waals surface area (Å²) in [5.74, 6) is -1.37. The molecule has 37 heavy (non-hydrogen) atoms. The summed E-state index contributed by atoms with van der Waals surface area (Å²) in [5.41, 5.74) is 2.46. The number of anilines is 2. The van der Waals surface area contributed by atoms with Crippen LogP contribution in [-0.4, -0.2) is 31.5 Å². The zero-order valence-electron chi connectivity index (χ0n) is 20.0. The predicted molar refractivity (Wildman–Crippen MR) is 139 cm³/mol. The lowest BCUT2D eigenvalue weighted by molar-refractivity contribution is -0.136. The molecular weight excluding hydrogens is 499 g/mol. The summed E-state index contributed by atoms with van der Waals surface area (Å²) in [7, 11) is 1.26. The van der Waals surface area contributed by atoms with Crippen LogP contribution in [0.3, 0.4) is 0 Å². The normalized spacial score (nSPS) is 14.2. The zero-order chi connectivity index (χ0) is 26.5. The number of esters is 1. The van der Waals surface area contributed by atoms with Crippen LogP contribution < -0.4 is 15.0 Å². The van der Waals surface area contributed by atoms with Crippen LogP contribution in [0.15, 0.2) is 89.6 Å². The van der Waals surface area contributed by atoms with Crippen molar-refractivity contribution in [1.29, 1.82) is 0 Å². The predicted octanol–water partition coefficient (Wildman–Crippen LogP) is 5.37. The molecule has 0 aliphatic carbocycles. The van der Waals surface area contributed by atoms with E-state index in [4.69, 9.17) is 21.1 Å². The summed E-state index contributed by atoms with van der Waals surface area (Å²) in [6.45, 7) is 1.42. The SMILES string of the molecule is COC(=O)C1=C(C)N(c2ccc(Cl)cc2)C(=O)/C1=C\c1ccc(OCC(=O)Nc2ccc(F)cc2)cc1. The molecule has 1 aliphatic rings. The fraction of sp³-hybridized carbons (Fsp3) is 0.107. The van der Waals surface area contributed by atoms with Gasteiger partial charge in [0.25, 0.3) is 11.8 Å². The Morgan fingerprint density at radius 2 is 1.65 bits per heavy atom. The van der Waals surface area contributed by atoms with Gasteiger partial charge in [-0.3, -0.25) is 14.5 Å². The zero-order valence-corrected chi connectivity index (χ0v) is 20.7. The van der Waals surface area contributed by atoms with E-state index in [0.29, 0.717) is 33.4 Å². The molecule has 0 bridgehead atoms. The maximum Gasteiger partial charge on any atom is 0.340 e. The van der Waals surface area contributed by atoms with Crippen molar-refractivity contribution in [2.24, 2.45) is 0 Å². The molecule has 9 heteroatoms. The van der Waals surface area contributed by atoms with E-state index in [-0.39, 0.29) is 23.7 Å². The standard InChI is InChI=1S/C28H22ClFN2O5/c1-17-26(28(35)36-2)24(27(34)32(17)22-11-5-19(29)6-12-22)15-18-3-13-23(14-4-18)37-16-25(33)31-21-9-7-20(30)8-10-21/h3-15H,16H2,1-2H3,(H,31,33)/b24-15-. The highest BCUT2D eigenvalue weighted by Gasteiger charge is 2.37. The quantitative estimate of drug-likeness (QED) is 0.334. The number of methoxy groups -OCH3 is 1. The summed E-state index contributed by atoms with van der Waals surface area (Å²) in [6, 6.07) is 18.8. The largest absolute Gasteiger partial charge is 0.484 e. The molecule has 0 saturated heterocycles. The first kappa shape index (κ1) is 25.7. The molecule has 1 heterocycles. The monoisotopic (exact) mass is 520 g/mol. The minimum absolute atomic E-state index is 0.167. The van der Waals surface area contributed by atoms with Gasteiger partial charge in [0.05, 0.1) is 18.3 Å². The van der Waals surface area contributed by atoms with Crippen molar-refractivity contribution in [2.45, 2.75) is 6.92 Å². The number of nitrogens with zero attached hydrogens (tertiary/aromatic N) is 1. The molecule has 188 valence electrons. The number of halogens is 2. The van der Waals surface area contributed by atoms with Gasteiger partial charge in [0.15, 0.2) is 6.61 Å². The topological polar surface area (TPSA) is 84.9 Å². The Balaban J connectivity index is 1.49. The van der Waals surface area contributed by atoms with Crippen molar-refractivity contribution in [1.82, 2.24) is 0 Å². The van der Waals surface area contributed by atoms with Gasteiger partial charge in [-0.1, -0.05) is 23.7 Å². The molecule has 1 N–H and O–H groups in total. The first-order chi connectivity index (χ1) is 17.8. The Morgan fingerprint density at radius 1 is 1.00 bits per heavy atom. The molecule has 0 fully saturated rings. The molecule has 2 amide bonds. The minimum atomic E-state index is -0.624. The van der Waals surface area contributed by atoms with E-state index in [2.05, 4.69) is 5.32 Å². The lowest BCUT2D eigenvalue weighted by Gasteiger charge is -2.17. The molecule has 0 radical (unpaired) electrons. The Hall–Kier alpha value is -4.43. The lowest BCUT2D eigenvalue weighted by Crippen LogP contribution is -2.24. The Kier molecular flexibility index (Phi) is 7.69. The molecule has 0 atom stereocenters. The van der Waals surface area contributed by atoms with Crippen LogP contribution in [0.25, 0.3) is 6.08 Å². The van der Waals surface area contributed by atoms with Gasteiger partial charge < -0.3 is 14.8 Å². The average molecular weight is 521 g/mol. The fourth-order valence-electron chi connectivity index (χ4n) is 3.79. The van der Waals surface area contributed by atoms with E-state index in [1.54, 1.807) is 61.5 Å². The number of nitrogens with one attached hydrogen (secondary N) is 1. The Labute approximate surface area is 217 Å². The van der Waals surface area contributed by atoms with Gasteiger partial charge in [0, 0.05) is 22.1 Å². The molecule has 7 nitrogen and oxygen atoms in total. The van der Waals surface area contributed by atoms with Gasteiger partial charge in [0.2, 0.25) is 0 Å². The van der Waals surface area contributed by atoms with Crippen molar-refractivity contribution >= 4 is 46.8 Å². The molecule has 3 aromatic carbocycles. The second kappa shape index (κ2) is 11.1. The summed E-state index contributed by atoms with van der Waals surface area (Å²) < 4.78 is 23.4. The molecule has 1 aliphatic heterocycles. The summed E-state index contributed by atoms with van der Waals surface area (Å²) in [5, 5.41) is 3.14. The molecule has 0 aromatic heterocycles. The number of amides is 2. The molecule has 0 saturated carbocycles. The van der Waals surface area contributed by atoms with E-state index in [9.17, 15) is 18.8 Å². The van der Waals surface area contributed by atoms with Crippen molar-refractivity contribution in [3.8, 4) is 5.75 Å². The van der Waals surface area contributed by atoms with E-state index < -0.39 is 17.7 Å². The third kappa shape index (κ3) is 5.87. The smallest absolute Gasteiger partial charge is 0.340 e. The summed E-state index contributed by atoms with van der Waals surface area (Å²) in [4.78, 5) is 39.4. The number of benzene rings is 3. The fourth-order valence-corrected chi connectivity index (χ4v) is 3.91. The van der Waals surface area contributed by atoms with Crippen molar-refractivity contribution < 1.29 is 28.2 Å².